The first-order valence-electron chi connectivity index (χ1n) is 9.00. The molecule has 1 aliphatic rings. The average molecular weight is 469 g/mol. The first-order chi connectivity index (χ1) is 14.8. The number of hydrogen-bond acceptors (Lipinski definition) is 8. The van der Waals surface area contributed by atoms with Crippen molar-refractivity contribution in [1.82, 2.24) is 15.4 Å². The topological polar surface area (TPSA) is 110 Å². The Morgan fingerprint density at radius 3 is 2.71 bits per heavy atom. The van der Waals surface area contributed by atoms with Gasteiger partial charge in [-0.2, -0.15) is 13.2 Å². The lowest BCUT2D eigenvalue weighted by Gasteiger charge is -2.13. The molecule has 1 aromatic carbocycles. The Kier molecular flexibility index (Phi) is 5.96. The smallest absolute Gasteiger partial charge is 0.360 e. The predicted molar refractivity (Wildman–Crippen MR) is 107 cm³/mol. The third-order valence-corrected chi connectivity index (χ3v) is 6.17. The van der Waals surface area contributed by atoms with E-state index in [1.807, 2.05) is 0 Å². The second-order valence-electron chi connectivity index (χ2n) is 6.60. The molecule has 2 heterocycles. The molecule has 0 aliphatic heterocycles. The number of alkyl halides is 3. The van der Waals surface area contributed by atoms with Crippen molar-refractivity contribution < 1.29 is 27.3 Å². The molecule has 0 radical (unpaired) electrons. The number of para-hydroxylation sites is 1. The van der Waals surface area contributed by atoms with Gasteiger partial charge in [-0.1, -0.05) is 40.4 Å². The standard InChI is InChI=1S/C18H14F3N5O3S2/c19-18(20,21)10-3-1-2-4-11(10)22-14(27)8-30-17-25-24-16(31-17)23-15(28)12-7-13(29-26-12)9-5-6-9/h1-4,7,9H,5-6,8H2,(H,22,27)(H,23,24,28). The molecule has 8 nitrogen and oxygen atoms in total. The number of hydrogen-bond donors (Lipinski definition) is 2. The Balaban J connectivity index is 1.30. The van der Waals surface area contributed by atoms with Crippen LogP contribution in [-0.2, 0) is 11.0 Å². The molecule has 0 bridgehead atoms. The quantitative estimate of drug-likeness (QED) is 0.390. The predicted octanol–water partition coefficient (Wildman–Crippen LogP) is 4.41. The zero-order valence-electron chi connectivity index (χ0n) is 15.6. The Labute approximate surface area is 181 Å². The summed E-state index contributed by atoms with van der Waals surface area (Å²) in [6.07, 6.45) is -2.54. The van der Waals surface area contributed by atoms with Gasteiger partial charge >= 0.3 is 6.18 Å². The molecular weight excluding hydrogens is 455 g/mol. The number of anilines is 2. The molecule has 4 rings (SSSR count). The summed E-state index contributed by atoms with van der Waals surface area (Å²) in [6.45, 7) is 0. The summed E-state index contributed by atoms with van der Waals surface area (Å²) >= 11 is 2.01. The van der Waals surface area contributed by atoms with E-state index < -0.39 is 23.6 Å². The third kappa shape index (κ3) is 5.41. The van der Waals surface area contributed by atoms with Gasteiger partial charge in [0.1, 0.15) is 5.76 Å². The molecule has 31 heavy (non-hydrogen) atoms. The molecule has 0 spiro atoms. The normalized spacial score (nSPS) is 13.8. The molecule has 1 aliphatic carbocycles. The summed E-state index contributed by atoms with van der Waals surface area (Å²) in [5.74, 6) is -0.296. The van der Waals surface area contributed by atoms with Crippen LogP contribution in [0.15, 0.2) is 39.2 Å². The maximum atomic E-state index is 13.0. The van der Waals surface area contributed by atoms with Crippen LogP contribution in [0.4, 0.5) is 24.0 Å². The third-order valence-electron chi connectivity index (χ3n) is 4.20. The molecule has 0 saturated heterocycles. The first-order valence-corrected chi connectivity index (χ1v) is 10.8. The molecule has 162 valence electrons. The molecule has 0 atom stereocenters. The molecule has 13 heteroatoms. The largest absolute Gasteiger partial charge is 0.418 e. The fourth-order valence-corrected chi connectivity index (χ4v) is 4.14. The maximum absolute atomic E-state index is 13.0. The number of halogens is 3. The number of nitrogens with zero attached hydrogens (tertiary/aromatic N) is 3. The first kappa shape index (κ1) is 21.3. The molecule has 2 amide bonds. The van der Waals surface area contributed by atoms with Gasteiger partial charge in [-0.15, -0.1) is 10.2 Å². The summed E-state index contributed by atoms with van der Waals surface area (Å²) in [5, 5.41) is 16.4. The van der Waals surface area contributed by atoms with Crippen molar-refractivity contribution in [2.24, 2.45) is 0 Å². The number of rotatable bonds is 7. The van der Waals surface area contributed by atoms with Crippen molar-refractivity contribution in [3.05, 3.63) is 47.3 Å². The van der Waals surface area contributed by atoms with E-state index in [1.165, 1.54) is 18.2 Å². The maximum Gasteiger partial charge on any atom is 0.418 e. The van der Waals surface area contributed by atoms with Gasteiger partial charge in [0.2, 0.25) is 11.0 Å². The van der Waals surface area contributed by atoms with Crippen LogP contribution in [0.5, 0.6) is 0 Å². The van der Waals surface area contributed by atoms with E-state index in [0.717, 1.165) is 42.0 Å². The number of aromatic nitrogens is 3. The lowest BCUT2D eigenvalue weighted by Crippen LogP contribution is -2.18. The highest BCUT2D eigenvalue weighted by atomic mass is 32.2. The molecule has 2 aromatic heterocycles. The van der Waals surface area contributed by atoms with Gasteiger partial charge in [-0.25, -0.2) is 0 Å². The second-order valence-corrected chi connectivity index (χ2v) is 8.80. The lowest BCUT2D eigenvalue weighted by atomic mass is 10.1. The van der Waals surface area contributed by atoms with E-state index in [1.54, 1.807) is 6.07 Å². The number of nitrogens with one attached hydrogen (secondary N) is 2. The Morgan fingerprint density at radius 2 is 1.97 bits per heavy atom. The monoisotopic (exact) mass is 469 g/mol. The van der Waals surface area contributed by atoms with Gasteiger partial charge in [0.15, 0.2) is 10.0 Å². The fourth-order valence-electron chi connectivity index (χ4n) is 2.59. The van der Waals surface area contributed by atoms with E-state index in [2.05, 4.69) is 26.0 Å². The van der Waals surface area contributed by atoms with E-state index in [-0.39, 0.29) is 22.3 Å². The van der Waals surface area contributed by atoms with Crippen LogP contribution in [0.1, 0.15) is 40.6 Å². The Morgan fingerprint density at radius 1 is 1.19 bits per heavy atom. The van der Waals surface area contributed by atoms with Crippen LogP contribution in [-0.4, -0.2) is 32.9 Å². The van der Waals surface area contributed by atoms with Crippen molar-refractivity contribution in [2.45, 2.75) is 29.3 Å². The van der Waals surface area contributed by atoms with Gasteiger partial charge in [0.25, 0.3) is 5.91 Å². The van der Waals surface area contributed by atoms with Gasteiger partial charge in [0, 0.05) is 12.0 Å². The molecular formula is C18H14F3N5O3S2. The van der Waals surface area contributed by atoms with Crippen LogP contribution in [0.3, 0.4) is 0 Å². The molecule has 1 saturated carbocycles. The fraction of sp³-hybridized carbons (Fsp3) is 0.278. The van der Waals surface area contributed by atoms with Gasteiger partial charge in [0.05, 0.1) is 17.0 Å². The average Bonchev–Trinajstić information content (AvgIpc) is 3.27. The van der Waals surface area contributed by atoms with Crippen molar-refractivity contribution in [2.75, 3.05) is 16.4 Å². The van der Waals surface area contributed by atoms with E-state index >= 15 is 0 Å². The zero-order valence-corrected chi connectivity index (χ0v) is 17.2. The van der Waals surface area contributed by atoms with Crippen molar-refractivity contribution in [1.29, 1.82) is 0 Å². The molecule has 1 fully saturated rings. The number of carbonyl (C=O) groups is 2. The van der Waals surface area contributed by atoms with Crippen LogP contribution >= 0.6 is 23.1 Å². The van der Waals surface area contributed by atoms with Crippen LogP contribution < -0.4 is 10.6 Å². The van der Waals surface area contributed by atoms with E-state index in [0.29, 0.717) is 16.0 Å². The lowest BCUT2D eigenvalue weighted by molar-refractivity contribution is -0.137. The highest BCUT2D eigenvalue weighted by Crippen LogP contribution is 2.40. The Bertz CT molecular complexity index is 1110. The van der Waals surface area contributed by atoms with Crippen molar-refractivity contribution >= 4 is 45.7 Å². The number of amides is 2. The molecule has 3 aromatic rings. The Hall–Kier alpha value is -2.93. The van der Waals surface area contributed by atoms with E-state index in [4.69, 9.17) is 4.52 Å². The minimum Gasteiger partial charge on any atom is -0.360 e. The minimum atomic E-state index is -4.58. The van der Waals surface area contributed by atoms with Crippen LogP contribution in [0.25, 0.3) is 0 Å². The second kappa shape index (κ2) is 8.67. The minimum absolute atomic E-state index is 0.133. The summed E-state index contributed by atoms with van der Waals surface area (Å²) in [6, 6.07) is 6.32. The summed E-state index contributed by atoms with van der Waals surface area (Å²) < 4.78 is 44.5. The number of carbonyl (C=O) groups excluding carboxylic acids is 2. The summed E-state index contributed by atoms with van der Waals surface area (Å²) in [4.78, 5) is 24.3. The van der Waals surface area contributed by atoms with E-state index in [9.17, 15) is 22.8 Å². The highest BCUT2D eigenvalue weighted by Gasteiger charge is 2.33. The van der Waals surface area contributed by atoms with Crippen LogP contribution in [0.2, 0.25) is 0 Å². The molecule has 2 N–H and O–H groups in total. The SMILES string of the molecule is O=C(CSc1nnc(NC(=O)c2cc(C3CC3)on2)s1)Nc1ccccc1C(F)(F)F. The zero-order chi connectivity index (χ0) is 22.0. The van der Waals surface area contributed by atoms with Crippen LogP contribution in [0, 0.1) is 0 Å². The van der Waals surface area contributed by atoms with Crippen molar-refractivity contribution in [3.8, 4) is 0 Å². The van der Waals surface area contributed by atoms with Crippen molar-refractivity contribution in [3.63, 3.8) is 0 Å². The summed E-state index contributed by atoms with van der Waals surface area (Å²) in [5.41, 5.74) is -1.11. The highest BCUT2D eigenvalue weighted by molar-refractivity contribution is 8.01. The van der Waals surface area contributed by atoms with Gasteiger partial charge < -0.3 is 9.84 Å². The molecule has 0 unspecified atom stereocenters. The number of benzene rings is 1. The summed E-state index contributed by atoms with van der Waals surface area (Å²) in [7, 11) is 0. The van der Waals surface area contributed by atoms with Gasteiger partial charge in [-0.05, 0) is 25.0 Å². The number of thioether (sulfide) groups is 1. The van der Waals surface area contributed by atoms with Gasteiger partial charge in [-0.3, -0.25) is 14.9 Å².